The van der Waals surface area contributed by atoms with Crippen LogP contribution in [0.2, 0.25) is 0 Å². The van der Waals surface area contributed by atoms with E-state index in [4.69, 9.17) is 0 Å². The van der Waals surface area contributed by atoms with E-state index in [1.54, 1.807) is 0 Å². The number of unbranched alkanes of at least 4 members (excludes halogenated alkanes) is 40. The first-order valence-electron chi connectivity index (χ1n) is 33.9. The van der Waals surface area contributed by atoms with Crippen molar-refractivity contribution in [2.75, 3.05) is 0 Å². The van der Waals surface area contributed by atoms with Crippen molar-refractivity contribution in [3.05, 3.63) is 82.9 Å². The number of fused-ring (bicyclic) bond motifs is 2. The maximum Gasteiger partial charge on any atom is 2.00 e. The Kier molecular flexibility index (Phi) is 45.8. The Labute approximate surface area is 540 Å². The van der Waals surface area contributed by atoms with Crippen molar-refractivity contribution in [1.82, 2.24) is 0 Å². The Morgan fingerprint density at radius 3 is 0.691 bits per heavy atom. The van der Waals surface area contributed by atoms with Gasteiger partial charge >= 0.3 is 48.9 Å². The van der Waals surface area contributed by atoms with Crippen LogP contribution in [-0.4, -0.2) is 74.8 Å². The molecule has 0 amide bonds. The van der Waals surface area contributed by atoms with E-state index in [0.717, 1.165) is 73.3 Å². The smallest absolute Gasteiger partial charge is 0.744 e. The van der Waals surface area contributed by atoms with E-state index >= 15 is 0 Å². The third kappa shape index (κ3) is 35.3. The van der Waals surface area contributed by atoms with E-state index in [1.807, 2.05) is 48.5 Å². The van der Waals surface area contributed by atoms with Crippen LogP contribution < -0.4 is 0 Å². The minimum atomic E-state index is -4.54. The molecule has 0 saturated carbocycles. The van der Waals surface area contributed by atoms with Gasteiger partial charge in [0, 0.05) is 0 Å². The zero-order chi connectivity index (χ0) is 57.8. The molecule has 0 fully saturated rings. The molecule has 4 rings (SSSR count). The molecule has 0 radical (unpaired) electrons. The van der Waals surface area contributed by atoms with Gasteiger partial charge in [-0.05, 0) is 107 Å². The molecule has 0 aliphatic carbocycles. The SMILES string of the molecule is CCCCCCCCCCCCCc1ccc2ccc(CCCCCCCCCCCCC)c(S(=O)(=O)[O-])c2c1.CCCCCCCCCCCCCc1ccc2ccc(CCCCCCCCCCCCC)c(S(=O)(=O)[O-])c2c1.[Ba+2]. The number of aryl methyl sites for hydroxylation is 4. The fourth-order valence-electron chi connectivity index (χ4n) is 12.0. The molecule has 4 aromatic carbocycles. The van der Waals surface area contributed by atoms with Gasteiger partial charge in [-0.3, -0.25) is 0 Å². The van der Waals surface area contributed by atoms with Crippen molar-refractivity contribution >= 4 is 90.7 Å². The van der Waals surface area contributed by atoms with Crippen molar-refractivity contribution in [2.24, 2.45) is 0 Å². The van der Waals surface area contributed by atoms with Gasteiger partial charge in [-0.25, -0.2) is 16.8 Å². The molecular weight excluding hydrogens is 1160 g/mol. The van der Waals surface area contributed by atoms with Crippen LogP contribution in [0.3, 0.4) is 0 Å². The van der Waals surface area contributed by atoms with E-state index in [2.05, 4.69) is 39.8 Å². The molecule has 0 bridgehead atoms. The fraction of sp³-hybridized carbons (Fsp3) is 0.722. The Morgan fingerprint density at radius 2 is 0.469 bits per heavy atom. The molecule has 0 aromatic heterocycles. The summed E-state index contributed by atoms with van der Waals surface area (Å²) >= 11 is 0. The first-order chi connectivity index (χ1) is 38.9. The molecule has 6 nitrogen and oxygen atoms in total. The maximum absolute atomic E-state index is 12.4. The molecule has 81 heavy (non-hydrogen) atoms. The van der Waals surface area contributed by atoms with Crippen LogP contribution in [-0.2, 0) is 45.9 Å². The zero-order valence-corrected chi connectivity index (χ0v) is 58.8. The van der Waals surface area contributed by atoms with Crippen molar-refractivity contribution < 1.29 is 25.9 Å². The number of benzene rings is 4. The Morgan fingerprint density at radius 1 is 0.272 bits per heavy atom. The quantitative estimate of drug-likeness (QED) is 0.0247. The van der Waals surface area contributed by atoms with E-state index in [0.29, 0.717) is 34.7 Å². The summed E-state index contributed by atoms with van der Waals surface area (Å²) in [5.74, 6) is 0. The summed E-state index contributed by atoms with van der Waals surface area (Å²) < 4.78 is 74.3. The van der Waals surface area contributed by atoms with Crippen molar-refractivity contribution in [2.45, 2.75) is 346 Å². The van der Waals surface area contributed by atoms with Crippen LogP contribution >= 0.6 is 0 Å². The van der Waals surface area contributed by atoms with Crippen LogP contribution in [0.1, 0.15) is 332 Å². The van der Waals surface area contributed by atoms with Crippen molar-refractivity contribution in [1.29, 1.82) is 0 Å². The molecule has 456 valence electrons. The van der Waals surface area contributed by atoms with Gasteiger partial charge < -0.3 is 9.11 Å². The molecule has 0 saturated heterocycles. The Bertz CT molecular complexity index is 2220. The average molecular weight is 1280 g/mol. The second-order valence-electron chi connectivity index (χ2n) is 24.3. The number of rotatable bonds is 50. The van der Waals surface area contributed by atoms with Gasteiger partial charge in [0.2, 0.25) is 0 Å². The summed E-state index contributed by atoms with van der Waals surface area (Å²) in [6.07, 6.45) is 59.7. The van der Waals surface area contributed by atoms with Crippen LogP contribution in [0.4, 0.5) is 0 Å². The Hall–Kier alpha value is -1.21. The first kappa shape index (κ1) is 75.9. The molecule has 0 heterocycles. The van der Waals surface area contributed by atoms with Gasteiger partial charge in [0.25, 0.3) is 0 Å². The van der Waals surface area contributed by atoms with Gasteiger partial charge in [0.05, 0.1) is 9.79 Å². The third-order valence-electron chi connectivity index (χ3n) is 17.0. The second kappa shape index (κ2) is 48.9. The van der Waals surface area contributed by atoms with Crippen LogP contribution in [0.25, 0.3) is 21.5 Å². The summed E-state index contributed by atoms with van der Waals surface area (Å²) in [6, 6.07) is 19.8. The van der Waals surface area contributed by atoms with Gasteiger partial charge in [0.15, 0.2) is 0 Å². The second-order valence-corrected chi connectivity index (χ2v) is 26.9. The molecular formula is C72H118BaO6S2. The summed E-state index contributed by atoms with van der Waals surface area (Å²) in [5.41, 5.74) is 3.68. The maximum atomic E-state index is 12.4. The molecule has 9 heteroatoms. The van der Waals surface area contributed by atoms with Crippen molar-refractivity contribution in [3.63, 3.8) is 0 Å². The van der Waals surface area contributed by atoms with E-state index in [-0.39, 0.29) is 58.7 Å². The van der Waals surface area contributed by atoms with Crippen LogP contribution in [0.5, 0.6) is 0 Å². The van der Waals surface area contributed by atoms with Gasteiger partial charge in [-0.15, -0.1) is 0 Å². The summed E-state index contributed by atoms with van der Waals surface area (Å²) in [6.45, 7) is 9.04. The largest absolute Gasteiger partial charge is 2.00 e. The molecule has 0 aliphatic rings. The van der Waals surface area contributed by atoms with E-state index in [1.165, 1.54) is 244 Å². The van der Waals surface area contributed by atoms with Gasteiger partial charge in [0.1, 0.15) is 20.2 Å². The molecule has 4 aromatic rings. The first-order valence-corrected chi connectivity index (χ1v) is 36.8. The monoisotopic (exact) mass is 1280 g/mol. The van der Waals surface area contributed by atoms with Crippen molar-refractivity contribution in [3.8, 4) is 0 Å². The van der Waals surface area contributed by atoms with Gasteiger partial charge in [-0.1, -0.05) is 333 Å². The summed E-state index contributed by atoms with van der Waals surface area (Å²) in [5, 5.41) is 2.94. The number of hydrogen-bond acceptors (Lipinski definition) is 6. The fourth-order valence-corrected chi connectivity index (χ4v) is 13.9. The Balaban J connectivity index is 0.000000547. The van der Waals surface area contributed by atoms with Gasteiger partial charge in [-0.2, -0.15) is 0 Å². The molecule has 0 unspecified atom stereocenters. The minimum absolute atomic E-state index is 0. The molecule has 0 N–H and O–H groups in total. The predicted octanol–water partition coefficient (Wildman–Crippen LogP) is 22.5. The zero-order valence-electron chi connectivity index (χ0n) is 52.7. The predicted molar refractivity (Wildman–Crippen MR) is 350 cm³/mol. The molecule has 0 aliphatic heterocycles. The normalized spacial score (nSPS) is 11.8. The standard InChI is InChI=1S/2C36H60O3S.Ba/c2*1-3-5-7-9-11-13-15-17-19-21-23-25-32-27-28-33-29-30-34(36(35(33)31-32)40(37,38)39)26-24-22-20-18-16-14-12-10-8-6-4-2;/h2*27-31H,3-26H2,1-2H3,(H,37,38,39);/q;;+2/p-2. The average Bonchev–Trinajstić information content (AvgIpc) is 3.43. The summed E-state index contributed by atoms with van der Waals surface area (Å²) in [4.78, 5) is 0.0516. The van der Waals surface area contributed by atoms with Crippen LogP contribution in [0.15, 0.2) is 70.5 Å². The minimum Gasteiger partial charge on any atom is -0.744 e. The number of hydrogen-bond donors (Lipinski definition) is 0. The third-order valence-corrected chi connectivity index (χ3v) is 18.9. The molecule has 0 spiro atoms. The van der Waals surface area contributed by atoms with Crippen LogP contribution in [0, 0.1) is 0 Å². The van der Waals surface area contributed by atoms with E-state index < -0.39 is 20.2 Å². The molecule has 0 atom stereocenters. The summed E-state index contributed by atoms with van der Waals surface area (Å²) in [7, 11) is -9.07. The van der Waals surface area contributed by atoms with E-state index in [9.17, 15) is 25.9 Å². The topological polar surface area (TPSA) is 114 Å².